The first-order chi connectivity index (χ1) is 14.9. The predicted octanol–water partition coefficient (Wildman–Crippen LogP) is 5.42. The minimum atomic E-state index is -0.664. The average Bonchev–Trinajstić information content (AvgIpc) is 2.71. The Bertz CT molecular complexity index is 831. The van der Waals surface area contributed by atoms with Crippen molar-refractivity contribution >= 4 is 5.97 Å². The van der Waals surface area contributed by atoms with Crippen molar-refractivity contribution in [2.75, 3.05) is 0 Å². The minimum absolute atomic E-state index is 0.00328. The number of carboxylic acid groups (broad SMARTS) is 1. The maximum absolute atomic E-state index is 12.6. The third-order valence-corrected chi connectivity index (χ3v) is 11.9. The van der Waals surface area contributed by atoms with Crippen LogP contribution >= 0.6 is 0 Å². The molecule has 5 aliphatic carbocycles. The van der Waals surface area contributed by atoms with E-state index in [-0.39, 0.29) is 22.2 Å². The fraction of sp³-hybridized carbons (Fsp3) is 0.893. The predicted molar refractivity (Wildman–Crippen MR) is 125 cm³/mol. The number of allylic oxidation sites excluding steroid dienone is 2. The highest BCUT2D eigenvalue weighted by molar-refractivity contribution is 5.76. The van der Waals surface area contributed by atoms with Crippen LogP contribution in [0, 0.1) is 51.2 Å². The summed E-state index contributed by atoms with van der Waals surface area (Å²) in [5.41, 5.74) is 0.770. The van der Waals surface area contributed by atoms with Gasteiger partial charge in [-0.15, -0.1) is 0 Å². The first-order valence-corrected chi connectivity index (χ1v) is 13.2. The van der Waals surface area contributed by atoms with Crippen LogP contribution in [0.2, 0.25) is 0 Å². The Balaban J connectivity index is 1.57. The van der Waals surface area contributed by atoms with Gasteiger partial charge < -0.3 is 15.3 Å². The van der Waals surface area contributed by atoms with Crippen molar-refractivity contribution < 1.29 is 20.1 Å². The summed E-state index contributed by atoms with van der Waals surface area (Å²) in [6.07, 6.45) is 9.87. The zero-order valence-electron chi connectivity index (χ0n) is 20.7. The number of carboxylic acids is 1. The highest BCUT2D eigenvalue weighted by Crippen LogP contribution is 2.71. The number of aliphatic hydroxyl groups is 2. The van der Waals surface area contributed by atoms with E-state index in [0.717, 1.165) is 51.4 Å². The van der Waals surface area contributed by atoms with Gasteiger partial charge in [-0.05, 0) is 90.8 Å². The molecule has 180 valence electrons. The molecule has 0 bridgehead atoms. The normalized spacial score (nSPS) is 54.3. The van der Waals surface area contributed by atoms with Crippen LogP contribution in [0.25, 0.3) is 0 Å². The second-order valence-corrected chi connectivity index (χ2v) is 13.5. The summed E-state index contributed by atoms with van der Waals surface area (Å²) in [5.74, 6) is 1.39. The van der Waals surface area contributed by atoms with Gasteiger partial charge in [-0.1, -0.05) is 59.1 Å². The lowest BCUT2D eigenvalue weighted by Crippen LogP contribution is -2.65. The Morgan fingerprint density at radius 2 is 1.69 bits per heavy atom. The van der Waals surface area contributed by atoms with Gasteiger partial charge in [-0.2, -0.15) is 0 Å². The molecule has 5 rings (SSSR count). The topological polar surface area (TPSA) is 77.8 Å². The van der Waals surface area contributed by atoms with E-state index < -0.39 is 23.6 Å². The number of hydrogen-bond donors (Lipinski definition) is 3. The third-order valence-electron chi connectivity index (χ3n) is 11.9. The standard InChI is InChI=1S/C28H44O4/c1-16-7-6-12-28(24(31)32)14-10-18-17(22(16)28)8-9-21-26(18,4)13-11-20-25(2,3)23(30)19(29)15-27(20,21)5/h8,16,18-23,29-30H,6-7,9-15H2,1-5H3,(H,31,32)/t16?,18?,19-,20+,21?,22?,23-,26?,27?,28?/m1/s1. The molecule has 32 heavy (non-hydrogen) atoms. The molecule has 0 heterocycles. The van der Waals surface area contributed by atoms with Crippen LogP contribution in [0.5, 0.6) is 0 Å². The van der Waals surface area contributed by atoms with E-state index in [9.17, 15) is 20.1 Å². The summed E-state index contributed by atoms with van der Waals surface area (Å²) in [7, 11) is 0. The monoisotopic (exact) mass is 444 g/mol. The molecule has 0 amide bonds. The molecule has 0 saturated heterocycles. The molecular formula is C28H44O4. The van der Waals surface area contributed by atoms with Crippen molar-refractivity contribution in [2.24, 2.45) is 51.2 Å². The van der Waals surface area contributed by atoms with Gasteiger partial charge in [0.25, 0.3) is 0 Å². The van der Waals surface area contributed by atoms with E-state index >= 15 is 0 Å². The van der Waals surface area contributed by atoms with E-state index in [1.54, 1.807) is 0 Å². The van der Waals surface area contributed by atoms with Crippen LogP contribution < -0.4 is 0 Å². The molecule has 0 aromatic heterocycles. The Hall–Kier alpha value is -0.870. The molecule has 3 N–H and O–H groups in total. The Kier molecular flexibility index (Phi) is 5.06. The smallest absolute Gasteiger partial charge is 0.310 e. The number of fused-ring (bicyclic) bond motifs is 7. The lowest BCUT2D eigenvalue weighted by atomic mass is 9.37. The summed E-state index contributed by atoms with van der Waals surface area (Å²) in [6, 6.07) is 0. The van der Waals surface area contributed by atoms with Crippen LogP contribution in [0.1, 0.15) is 92.4 Å². The summed E-state index contributed by atoms with van der Waals surface area (Å²) >= 11 is 0. The molecule has 7 unspecified atom stereocenters. The van der Waals surface area contributed by atoms with Crippen LogP contribution in [0.15, 0.2) is 11.6 Å². The van der Waals surface area contributed by atoms with Crippen molar-refractivity contribution in [3.8, 4) is 0 Å². The summed E-state index contributed by atoms with van der Waals surface area (Å²) in [6.45, 7) is 11.5. The summed E-state index contributed by atoms with van der Waals surface area (Å²) < 4.78 is 0. The first kappa shape index (κ1) is 22.9. The quantitative estimate of drug-likeness (QED) is 0.472. The van der Waals surface area contributed by atoms with E-state index in [4.69, 9.17) is 0 Å². The maximum Gasteiger partial charge on any atom is 0.310 e. The molecule has 4 nitrogen and oxygen atoms in total. The Morgan fingerprint density at radius 1 is 0.969 bits per heavy atom. The average molecular weight is 445 g/mol. The van der Waals surface area contributed by atoms with Crippen molar-refractivity contribution in [3.05, 3.63) is 11.6 Å². The lowest BCUT2D eigenvalue weighted by Gasteiger charge is -2.68. The number of aliphatic hydroxyl groups excluding tert-OH is 2. The molecule has 0 spiro atoms. The van der Waals surface area contributed by atoms with Crippen LogP contribution in [0.3, 0.4) is 0 Å². The van der Waals surface area contributed by atoms with Gasteiger partial charge in [-0.25, -0.2) is 0 Å². The second kappa shape index (κ2) is 7.07. The molecule has 0 radical (unpaired) electrons. The van der Waals surface area contributed by atoms with Crippen molar-refractivity contribution in [1.29, 1.82) is 0 Å². The second-order valence-electron chi connectivity index (χ2n) is 13.5. The molecule has 4 saturated carbocycles. The highest BCUT2D eigenvalue weighted by Gasteiger charge is 2.66. The van der Waals surface area contributed by atoms with E-state index in [1.807, 2.05) is 0 Å². The number of rotatable bonds is 1. The van der Waals surface area contributed by atoms with E-state index in [1.165, 1.54) is 5.57 Å². The zero-order valence-corrected chi connectivity index (χ0v) is 20.7. The van der Waals surface area contributed by atoms with Gasteiger partial charge in [0.2, 0.25) is 0 Å². The summed E-state index contributed by atoms with van der Waals surface area (Å²) in [4.78, 5) is 12.6. The third kappa shape index (κ3) is 2.72. The van der Waals surface area contributed by atoms with Crippen LogP contribution in [0.4, 0.5) is 0 Å². The largest absolute Gasteiger partial charge is 0.481 e. The van der Waals surface area contributed by atoms with E-state index in [0.29, 0.717) is 30.1 Å². The number of carbonyl (C=O) groups is 1. The van der Waals surface area contributed by atoms with Gasteiger partial charge in [0, 0.05) is 0 Å². The molecule has 0 aromatic rings. The van der Waals surface area contributed by atoms with Gasteiger partial charge in [0.1, 0.15) is 0 Å². The molecule has 5 aliphatic rings. The first-order valence-electron chi connectivity index (χ1n) is 13.2. The molecule has 4 fully saturated rings. The van der Waals surface area contributed by atoms with Crippen molar-refractivity contribution in [3.63, 3.8) is 0 Å². The van der Waals surface area contributed by atoms with Gasteiger partial charge in [-0.3, -0.25) is 4.79 Å². The molecule has 4 heteroatoms. The number of hydrogen-bond acceptors (Lipinski definition) is 3. The fourth-order valence-corrected chi connectivity index (χ4v) is 10.6. The lowest BCUT2D eigenvalue weighted by molar-refractivity contribution is -0.220. The van der Waals surface area contributed by atoms with Crippen LogP contribution in [-0.2, 0) is 4.79 Å². The Labute approximate surface area is 193 Å². The molecule has 0 aliphatic heterocycles. The van der Waals surface area contributed by atoms with Crippen LogP contribution in [-0.4, -0.2) is 33.5 Å². The molecular weight excluding hydrogens is 400 g/mol. The SMILES string of the molecule is CC1CCCC2(C(=O)O)CCC3C(=CCC4C3(C)CC[C@@H]3C4(C)C[C@@H](O)[C@@H](O)C3(C)C)C12. The van der Waals surface area contributed by atoms with Gasteiger partial charge in [0.05, 0.1) is 17.6 Å². The highest BCUT2D eigenvalue weighted by atomic mass is 16.4. The minimum Gasteiger partial charge on any atom is -0.481 e. The van der Waals surface area contributed by atoms with Crippen molar-refractivity contribution in [2.45, 2.75) is 105 Å². The van der Waals surface area contributed by atoms with E-state index in [2.05, 4.69) is 40.7 Å². The number of aliphatic carboxylic acids is 1. The summed E-state index contributed by atoms with van der Waals surface area (Å²) in [5, 5.41) is 32.1. The maximum atomic E-state index is 12.6. The molecule has 10 atom stereocenters. The van der Waals surface area contributed by atoms with Gasteiger partial charge >= 0.3 is 5.97 Å². The fourth-order valence-electron chi connectivity index (χ4n) is 10.6. The van der Waals surface area contributed by atoms with Gasteiger partial charge in [0.15, 0.2) is 0 Å². The Morgan fingerprint density at radius 3 is 2.38 bits per heavy atom. The molecule has 0 aromatic carbocycles. The zero-order chi connectivity index (χ0) is 23.3. The van der Waals surface area contributed by atoms with Crippen molar-refractivity contribution in [1.82, 2.24) is 0 Å².